The fraction of sp³-hybridized carbons (Fsp3) is 0.417. The molecular formula is C12H16N4O3. The Kier molecular flexibility index (Phi) is 4.30. The predicted octanol–water partition coefficient (Wildman–Crippen LogP) is 0.0849. The van der Waals surface area contributed by atoms with Gasteiger partial charge in [0.2, 0.25) is 0 Å². The molecule has 7 heteroatoms. The van der Waals surface area contributed by atoms with Gasteiger partial charge in [-0.3, -0.25) is 9.78 Å². The monoisotopic (exact) mass is 264 g/mol. The second-order valence-electron chi connectivity index (χ2n) is 4.26. The van der Waals surface area contributed by atoms with Crippen LogP contribution in [0.25, 0.3) is 0 Å². The van der Waals surface area contributed by atoms with Crippen LogP contribution in [0.5, 0.6) is 0 Å². The lowest BCUT2D eigenvalue weighted by Crippen LogP contribution is -2.32. The first-order chi connectivity index (χ1) is 9.20. The van der Waals surface area contributed by atoms with E-state index in [1.54, 1.807) is 6.07 Å². The average Bonchev–Trinajstić information content (AvgIpc) is 2.97. The summed E-state index contributed by atoms with van der Waals surface area (Å²) in [5, 5.41) is 14.1. The minimum absolute atomic E-state index is 0.0428. The van der Waals surface area contributed by atoms with E-state index < -0.39 is 0 Å². The summed E-state index contributed by atoms with van der Waals surface area (Å²) in [4.78, 5) is 15.8. The van der Waals surface area contributed by atoms with Crippen LogP contribution in [-0.4, -0.2) is 41.2 Å². The van der Waals surface area contributed by atoms with Gasteiger partial charge >= 0.3 is 0 Å². The minimum Gasteiger partial charge on any atom is -0.409 e. The molecule has 1 aromatic heterocycles. The molecule has 1 unspecified atom stereocenters. The summed E-state index contributed by atoms with van der Waals surface area (Å²) in [6.07, 6.45) is 3.49. The zero-order valence-corrected chi connectivity index (χ0v) is 10.4. The zero-order chi connectivity index (χ0) is 13.7. The Bertz CT molecular complexity index is 466. The van der Waals surface area contributed by atoms with Crippen molar-refractivity contribution in [2.75, 3.05) is 13.2 Å². The maximum atomic E-state index is 11.8. The number of rotatable bonds is 4. The Balaban J connectivity index is 1.91. The molecule has 0 spiro atoms. The highest BCUT2D eigenvalue weighted by molar-refractivity contribution is 5.98. The lowest BCUT2D eigenvalue weighted by atomic mass is 10.2. The summed E-state index contributed by atoms with van der Waals surface area (Å²) in [5.74, 6) is -0.305. The molecule has 2 rings (SSSR count). The standard InChI is InChI=1S/C12H16N4O3/c13-11(16-18)8-3-4-10(14-6-8)12(17)15-7-9-2-1-5-19-9/h3-4,6,9,18H,1-2,5,7H2,(H2,13,16)(H,15,17). The largest absolute Gasteiger partial charge is 0.409 e. The molecular weight excluding hydrogens is 248 g/mol. The SMILES string of the molecule is NC(=NO)c1ccc(C(=O)NCC2CCCO2)nc1. The highest BCUT2D eigenvalue weighted by Gasteiger charge is 2.17. The minimum atomic E-state index is -0.262. The van der Waals surface area contributed by atoms with Crippen molar-refractivity contribution in [2.24, 2.45) is 10.9 Å². The Labute approximate surface area is 110 Å². The molecule has 1 aliphatic heterocycles. The van der Waals surface area contributed by atoms with Gasteiger partial charge in [-0.1, -0.05) is 5.16 Å². The molecule has 19 heavy (non-hydrogen) atoms. The first-order valence-electron chi connectivity index (χ1n) is 6.04. The number of hydrogen-bond acceptors (Lipinski definition) is 5. The molecule has 1 aliphatic rings. The van der Waals surface area contributed by atoms with Gasteiger partial charge in [-0.15, -0.1) is 0 Å². The summed E-state index contributed by atoms with van der Waals surface area (Å²) in [6.45, 7) is 1.25. The number of hydrogen-bond donors (Lipinski definition) is 3. The van der Waals surface area contributed by atoms with E-state index in [0.29, 0.717) is 12.1 Å². The van der Waals surface area contributed by atoms with E-state index in [-0.39, 0.29) is 23.5 Å². The maximum Gasteiger partial charge on any atom is 0.269 e. The Hall–Kier alpha value is -2.15. The second-order valence-corrected chi connectivity index (χ2v) is 4.26. The first-order valence-corrected chi connectivity index (χ1v) is 6.04. The van der Waals surface area contributed by atoms with Crippen LogP contribution >= 0.6 is 0 Å². The van der Waals surface area contributed by atoms with E-state index in [1.807, 2.05) is 0 Å². The van der Waals surface area contributed by atoms with Crippen LogP contribution in [-0.2, 0) is 4.74 Å². The number of carbonyl (C=O) groups excluding carboxylic acids is 1. The number of ether oxygens (including phenoxy) is 1. The molecule has 0 aromatic carbocycles. The molecule has 1 amide bonds. The molecule has 1 aromatic rings. The zero-order valence-electron chi connectivity index (χ0n) is 10.4. The van der Waals surface area contributed by atoms with Crippen molar-refractivity contribution in [3.63, 3.8) is 0 Å². The summed E-state index contributed by atoms with van der Waals surface area (Å²) in [5.41, 5.74) is 6.15. The van der Waals surface area contributed by atoms with Crippen molar-refractivity contribution in [3.8, 4) is 0 Å². The number of aromatic nitrogens is 1. The van der Waals surface area contributed by atoms with Crippen LogP contribution < -0.4 is 11.1 Å². The smallest absolute Gasteiger partial charge is 0.269 e. The van der Waals surface area contributed by atoms with E-state index in [0.717, 1.165) is 19.4 Å². The maximum absolute atomic E-state index is 11.8. The van der Waals surface area contributed by atoms with E-state index in [2.05, 4.69) is 15.5 Å². The molecule has 4 N–H and O–H groups in total. The van der Waals surface area contributed by atoms with Crippen molar-refractivity contribution in [3.05, 3.63) is 29.6 Å². The predicted molar refractivity (Wildman–Crippen MR) is 68.1 cm³/mol. The molecule has 1 saturated heterocycles. The van der Waals surface area contributed by atoms with Gasteiger partial charge in [0.1, 0.15) is 5.69 Å². The number of carbonyl (C=O) groups is 1. The van der Waals surface area contributed by atoms with Gasteiger partial charge in [-0.2, -0.15) is 0 Å². The van der Waals surface area contributed by atoms with Crippen LogP contribution in [0.3, 0.4) is 0 Å². The Morgan fingerprint density at radius 1 is 1.63 bits per heavy atom. The number of nitrogens with one attached hydrogen (secondary N) is 1. The van der Waals surface area contributed by atoms with Gasteiger partial charge in [0, 0.05) is 24.9 Å². The third-order valence-corrected chi connectivity index (χ3v) is 2.91. The molecule has 2 heterocycles. The molecule has 0 aliphatic carbocycles. The first kappa shape index (κ1) is 13.3. The number of nitrogens with zero attached hydrogens (tertiary/aromatic N) is 2. The lowest BCUT2D eigenvalue weighted by molar-refractivity contribution is 0.0853. The summed E-state index contributed by atoms with van der Waals surface area (Å²) in [6, 6.07) is 3.10. The topological polar surface area (TPSA) is 110 Å². The van der Waals surface area contributed by atoms with E-state index >= 15 is 0 Å². The van der Waals surface area contributed by atoms with Crippen molar-refractivity contribution >= 4 is 11.7 Å². The number of pyridine rings is 1. The highest BCUT2D eigenvalue weighted by Crippen LogP contribution is 2.10. The van der Waals surface area contributed by atoms with E-state index in [4.69, 9.17) is 15.7 Å². The fourth-order valence-electron chi connectivity index (χ4n) is 1.84. The van der Waals surface area contributed by atoms with Crippen molar-refractivity contribution in [2.45, 2.75) is 18.9 Å². The van der Waals surface area contributed by atoms with Gasteiger partial charge in [0.05, 0.1) is 6.10 Å². The second kappa shape index (κ2) is 6.14. The third kappa shape index (κ3) is 3.41. The molecule has 1 atom stereocenters. The van der Waals surface area contributed by atoms with Crippen LogP contribution in [0.1, 0.15) is 28.9 Å². The van der Waals surface area contributed by atoms with Crippen LogP contribution in [0.15, 0.2) is 23.5 Å². The van der Waals surface area contributed by atoms with Crippen molar-refractivity contribution in [1.29, 1.82) is 0 Å². The summed E-state index contributed by atoms with van der Waals surface area (Å²) < 4.78 is 5.41. The van der Waals surface area contributed by atoms with Gasteiger partial charge in [0.25, 0.3) is 5.91 Å². The van der Waals surface area contributed by atoms with Gasteiger partial charge < -0.3 is 21.0 Å². The number of nitrogens with two attached hydrogens (primary N) is 1. The molecule has 0 bridgehead atoms. The fourth-order valence-corrected chi connectivity index (χ4v) is 1.84. The van der Waals surface area contributed by atoms with Gasteiger partial charge in [-0.05, 0) is 25.0 Å². The lowest BCUT2D eigenvalue weighted by Gasteiger charge is -2.10. The van der Waals surface area contributed by atoms with Gasteiger partial charge in [0.15, 0.2) is 5.84 Å². The molecule has 1 fully saturated rings. The summed E-state index contributed by atoms with van der Waals surface area (Å²) in [7, 11) is 0. The molecule has 0 saturated carbocycles. The highest BCUT2D eigenvalue weighted by atomic mass is 16.5. The van der Waals surface area contributed by atoms with Crippen LogP contribution in [0.4, 0.5) is 0 Å². The quantitative estimate of drug-likeness (QED) is 0.309. The van der Waals surface area contributed by atoms with E-state index in [9.17, 15) is 4.79 Å². The molecule has 0 radical (unpaired) electrons. The molecule has 7 nitrogen and oxygen atoms in total. The third-order valence-electron chi connectivity index (χ3n) is 2.91. The average molecular weight is 264 g/mol. The number of oxime groups is 1. The Morgan fingerprint density at radius 2 is 2.47 bits per heavy atom. The van der Waals surface area contributed by atoms with Gasteiger partial charge in [-0.25, -0.2) is 0 Å². The summed E-state index contributed by atoms with van der Waals surface area (Å²) >= 11 is 0. The number of amidine groups is 1. The molecule has 102 valence electrons. The van der Waals surface area contributed by atoms with Crippen LogP contribution in [0.2, 0.25) is 0 Å². The normalized spacial score (nSPS) is 19.4. The van der Waals surface area contributed by atoms with Crippen LogP contribution in [0, 0.1) is 0 Å². The Morgan fingerprint density at radius 3 is 3.05 bits per heavy atom. The van der Waals surface area contributed by atoms with Crippen molar-refractivity contribution < 1.29 is 14.7 Å². The van der Waals surface area contributed by atoms with E-state index in [1.165, 1.54) is 12.3 Å². The number of amides is 1. The van der Waals surface area contributed by atoms with Crippen molar-refractivity contribution in [1.82, 2.24) is 10.3 Å².